The number of hydrogen-bond acceptors (Lipinski definition) is 5. The molecule has 0 radical (unpaired) electrons. The Balaban J connectivity index is 2.14. The van der Waals surface area contributed by atoms with Gasteiger partial charge < -0.3 is 14.4 Å². The van der Waals surface area contributed by atoms with E-state index >= 15 is 0 Å². The average molecular weight is 327 g/mol. The normalized spacial score (nSPS) is 18.0. The molecule has 0 bridgehead atoms. The van der Waals surface area contributed by atoms with Gasteiger partial charge in [-0.05, 0) is 32.4 Å². The lowest BCUT2D eigenvalue weighted by Crippen LogP contribution is -2.35. The first-order valence-electron chi connectivity index (χ1n) is 7.19. The van der Waals surface area contributed by atoms with Crippen molar-refractivity contribution in [2.75, 3.05) is 23.8 Å². The number of anilines is 1. The van der Waals surface area contributed by atoms with Crippen molar-refractivity contribution in [3.05, 3.63) is 36.1 Å². The van der Waals surface area contributed by atoms with Crippen LogP contribution in [-0.2, 0) is 14.9 Å². The molecule has 1 atom stereocenters. The Labute approximate surface area is 131 Å². The van der Waals surface area contributed by atoms with Crippen LogP contribution in [0.4, 0.5) is 5.69 Å². The number of nitrogens with zero attached hydrogens (tertiary/aromatic N) is 1. The van der Waals surface area contributed by atoms with Crippen molar-refractivity contribution >= 4 is 15.8 Å². The molecule has 7 heteroatoms. The Bertz CT molecular complexity index is 641. The molecule has 1 N–H and O–H groups in total. The molecular formula is C15H21NO5S. The fraction of sp³-hybridized carbons (Fsp3) is 0.467. The molecule has 0 aliphatic carbocycles. The molecular weight excluding hydrogens is 306 g/mol. The second kappa shape index (κ2) is 7.02. The van der Waals surface area contributed by atoms with Crippen molar-refractivity contribution in [3.8, 4) is 5.75 Å². The van der Waals surface area contributed by atoms with Crippen LogP contribution >= 0.6 is 0 Å². The van der Waals surface area contributed by atoms with Crippen LogP contribution in [0, 0.1) is 0 Å². The molecule has 0 saturated heterocycles. The van der Waals surface area contributed by atoms with E-state index in [-0.39, 0.29) is 12.0 Å². The zero-order chi connectivity index (χ0) is 16.2. The maximum Gasteiger partial charge on any atom is 0.264 e. The quantitative estimate of drug-likeness (QED) is 0.612. The molecule has 0 aromatic heterocycles. The number of para-hydroxylation sites is 2. The molecule has 1 unspecified atom stereocenters. The van der Waals surface area contributed by atoms with Gasteiger partial charge in [0, 0.05) is 12.6 Å². The lowest BCUT2D eigenvalue weighted by atomic mass is 10.2. The number of hydrogen-bond donors (Lipinski definition) is 1. The molecule has 0 fully saturated rings. The van der Waals surface area contributed by atoms with Crippen LogP contribution in [0.5, 0.6) is 5.75 Å². The predicted octanol–water partition coefficient (Wildman–Crippen LogP) is 2.43. The molecule has 1 aliphatic rings. The summed E-state index contributed by atoms with van der Waals surface area (Å²) >= 11 is 0. The summed E-state index contributed by atoms with van der Waals surface area (Å²) in [7, 11) is -3.95. The van der Waals surface area contributed by atoms with Crippen LogP contribution < -0.4 is 9.64 Å². The zero-order valence-electron chi connectivity index (χ0n) is 12.7. The molecule has 2 rings (SSSR count). The maximum atomic E-state index is 10.9. The molecule has 0 spiro atoms. The molecule has 1 aliphatic heterocycles. The smallest absolute Gasteiger partial charge is 0.264 e. The minimum absolute atomic E-state index is 0.271. The summed E-state index contributed by atoms with van der Waals surface area (Å²) in [4.78, 5) is 1.96. The first-order valence-corrected chi connectivity index (χ1v) is 8.80. The van der Waals surface area contributed by atoms with Gasteiger partial charge in [0.25, 0.3) is 10.1 Å². The summed E-state index contributed by atoms with van der Waals surface area (Å²) in [5, 5.41) is 0. The summed E-state index contributed by atoms with van der Waals surface area (Å²) < 4.78 is 41.9. The van der Waals surface area contributed by atoms with Crippen molar-refractivity contribution in [2.45, 2.75) is 26.5 Å². The van der Waals surface area contributed by atoms with E-state index in [1.54, 1.807) is 0 Å². The highest BCUT2D eigenvalue weighted by molar-refractivity contribution is 7.85. The van der Waals surface area contributed by atoms with Crippen LogP contribution in [0.25, 0.3) is 0 Å². The van der Waals surface area contributed by atoms with E-state index in [4.69, 9.17) is 14.0 Å². The van der Waals surface area contributed by atoms with Crippen LogP contribution in [0.3, 0.4) is 0 Å². The molecule has 1 aromatic rings. The zero-order valence-corrected chi connectivity index (χ0v) is 13.5. The van der Waals surface area contributed by atoms with Gasteiger partial charge in [0.15, 0.2) is 6.23 Å². The van der Waals surface area contributed by atoms with Gasteiger partial charge in [-0.3, -0.25) is 4.55 Å². The summed E-state index contributed by atoms with van der Waals surface area (Å²) in [6.07, 6.45) is 1.83. The summed E-state index contributed by atoms with van der Waals surface area (Å²) in [6, 6.07) is 7.58. The molecule has 22 heavy (non-hydrogen) atoms. The van der Waals surface area contributed by atoms with Gasteiger partial charge in [-0.15, -0.1) is 0 Å². The number of ether oxygens (including phenoxy) is 2. The Hall–Kier alpha value is -1.73. The second-order valence-corrected chi connectivity index (χ2v) is 6.59. The Kier molecular flexibility index (Phi) is 5.31. The topological polar surface area (TPSA) is 76.1 Å². The third-order valence-electron chi connectivity index (χ3n) is 3.28. The van der Waals surface area contributed by atoms with Gasteiger partial charge in [0.1, 0.15) is 5.75 Å². The monoisotopic (exact) mass is 327 g/mol. The first-order chi connectivity index (χ1) is 10.4. The number of fused-ring (bicyclic) bond motifs is 1. The number of allylic oxidation sites excluding steroid dienone is 1. The van der Waals surface area contributed by atoms with Crippen molar-refractivity contribution in [1.82, 2.24) is 0 Å². The van der Waals surface area contributed by atoms with E-state index in [1.807, 2.05) is 49.1 Å². The van der Waals surface area contributed by atoms with E-state index in [2.05, 4.69) is 0 Å². The molecule has 0 saturated carbocycles. The lowest BCUT2D eigenvalue weighted by molar-refractivity contribution is 0.215. The van der Waals surface area contributed by atoms with E-state index in [1.165, 1.54) is 0 Å². The minimum atomic E-state index is -3.95. The molecule has 0 amide bonds. The van der Waals surface area contributed by atoms with Gasteiger partial charge in [-0.2, -0.15) is 8.42 Å². The van der Waals surface area contributed by atoms with Gasteiger partial charge in [-0.25, -0.2) is 0 Å². The van der Waals surface area contributed by atoms with Crippen LogP contribution in [0.1, 0.15) is 20.3 Å². The van der Waals surface area contributed by atoms with Crippen LogP contribution in [-0.4, -0.2) is 38.1 Å². The van der Waals surface area contributed by atoms with Crippen molar-refractivity contribution in [3.63, 3.8) is 0 Å². The molecule has 1 aromatic carbocycles. The predicted molar refractivity (Wildman–Crippen MR) is 84.6 cm³/mol. The van der Waals surface area contributed by atoms with Crippen LogP contribution in [0.15, 0.2) is 36.1 Å². The van der Waals surface area contributed by atoms with Crippen molar-refractivity contribution in [2.24, 2.45) is 0 Å². The average Bonchev–Trinajstić information content (AvgIpc) is 2.76. The number of rotatable bonds is 7. The van der Waals surface area contributed by atoms with Crippen molar-refractivity contribution < 1.29 is 22.4 Å². The lowest BCUT2D eigenvalue weighted by Gasteiger charge is -2.23. The summed E-state index contributed by atoms with van der Waals surface area (Å²) in [6.45, 7) is 4.79. The fourth-order valence-corrected chi connectivity index (χ4v) is 2.88. The summed E-state index contributed by atoms with van der Waals surface area (Å²) in [5.74, 6) is 1.23. The van der Waals surface area contributed by atoms with Crippen LogP contribution in [0.2, 0.25) is 0 Å². The summed E-state index contributed by atoms with van der Waals surface area (Å²) in [5.41, 5.74) is 0.906. The van der Waals surface area contributed by atoms with Gasteiger partial charge in [0.05, 0.1) is 23.8 Å². The largest absolute Gasteiger partial charge is 0.499 e. The van der Waals surface area contributed by atoms with E-state index in [0.29, 0.717) is 19.6 Å². The van der Waals surface area contributed by atoms with Gasteiger partial charge in [0.2, 0.25) is 0 Å². The Morgan fingerprint density at radius 1 is 1.45 bits per heavy atom. The highest BCUT2D eigenvalue weighted by Gasteiger charge is 2.29. The Morgan fingerprint density at radius 3 is 2.86 bits per heavy atom. The maximum absolute atomic E-state index is 10.9. The SMILES string of the molecule is CCOC(C)=CC1Oc2ccccc2N1CCCS(=O)(=O)O. The Morgan fingerprint density at radius 2 is 2.18 bits per heavy atom. The second-order valence-electron chi connectivity index (χ2n) is 5.02. The van der Waals surface area contributed by atoms with E-state index < -0.39 is 10.1 Å². The number of benzene rings is 1. The van der Waals surface area contributed by atoms with E-state index in [9.17, 15) is 8.42 Å². The molecule has 122 valence electrons. The fourth-order valence-electron chi connectivity index (χ4n) is 2.39. The first kappa shape index (κ1) is 16.6. The van der Waals surface area contributed by atoms with E-state index in [0.717, 1.165) is 17.2 Å². The molecule has 1 heterocycles. The van der Waals surface area contributed by atoms with Crippen molar-refractivity contribution in [1.29, 1.82) is 0 Å². The third-order valence-corrected chi connectivity index (χ3v) is 4.08. The third kappa shape index (κ3) is 4.38. The van der Waals surface area contributed by atoms with Gasteiger partial charge in [-0.1, -0.05) is 12.1 Å². The highest BCUT2D eigenvalue weighted by atomic mass is 32.2. The molecule has 6 nitrogen and oxygen atoms in total. The highest BCUT2D eigenvalue weighted by Crippen LogP contribution is 2.37. The van der Waals surface area contributed by atoms with Gasteiger partial charge >= 0.3 is 0 Å². The minimum Gasteiger partial charge on any atom is -0.499 e. The standard InChI is InChI=1S/C15H21NO5S/c1-3-20-12(2)11-15-16(9-6-10-22(17,18)19)13-7-4-5-8-14(13)21-15/h4-5,7-8,11,15H,3,6,9-10H2,1-2H3,(H,17,18,19).